The second kappa shape index (κ2) is 14.2. The highest BCUT2D eigenvalue weighted by Gasteiger charge is 2.24. The first-order chi connectivity index (χ1) is 17.4. The van der Waals surface area contributed by atoms with Gasteiger partial charge in [0.2, 0.25) is 0 Å². The number of oxime groups is 1. The first-order valence-electron chi connectivity index (χ1n) is 12.9. The number of carbonyl (C=O) groups excluding carboxylic acids is 2. The van der Waals surface area contributed by atoms with Crippen LogP contribution in [0.15, 0.2) is 35.5 Å². The van der Waals surface area contributed by atoms with Crippen molar-refractivity contribution in [2.24, 2.45) is 10.9 Å². The van der Waals surface area contributed by atoms with Gasteiger partial charge >= 0.3 is 5.97 Å². The number of piperidine rings is 1. The number of esters is 1. The highest BCUT2D eigenvalue weighted by molar-refractivity contribution is 6.33. The molecule has 1 unspecified atom stereocenters. The number of fused-ring (bicyclic) bond motifs is 1. The van der Waals surface area contributed by atoms with Crippen LogP contribution in [0.1, 0.15) is 72.0 Å². The molecule has 3 rings (SSSR count). The second-order valence-electron chi connectivity index (χ2n) is 9.44. The summed E-state index contributed by atoms with van der Waals surface area (Å²) in [6.45, 7) is 5.64. The lowest BCUT2D eigenvalue weighted by molar-refractivity contribution is -0.137. The molecule has 1 amide bonds. The highest BCUT2D eigenvalue weighted by Crippen LogP contribution is 2.30. The lowest BCUT2D eigenvalue weighted by Gasteiger charge is -2.26. The maximum atomic E-state index is 13.3. The van der Waals surface area contributed by atoms with Gasteiger partial charge in [0.1, 0.15) is 6.10 Å². The normalized spacial score (nSPS) is 22.3. The van der Waals surface area contributed by atoms with Crippen molar-refractivity contribution in [1.82, 2.24) is 4.90 Å². The molecular formula is C28H38ClN3O4. The monoisotopic (exact) mass is 515 g/mol. The summed E-state index contributed by atoms with van der Waals surface area (Å²) in [7, 11) is 0. The number of amides is 1. The van der Waals surface area contributed by atoms with Gasteiger partial charge in [-0.3, -0.25) is 4.79 Å². The Balaban J connectivity index is 1.90. The van der Waals surface area contributed by atoms with Crippen molar-refractivity contribution in [3.05, 3.63) is 57.6 Å². The van der Waals surface area contributed by atoms with Gasteiger partial charge in [0, 0.05) is 31.0 Å². The number of allylic oxidation sites excluding steroid dienone is 3. The summed E-state index contributed by atoms with van der Waals surface area (Å²) >= 11 is 6.73. The molecule has 1 saturated heterocycles. The predicted molar refractivity (Wildman–Crippen MR) is 143 cm³/mol. The van der Waals surface area contributed by atoms with E-state index in [2.05, 4.69) is 11.2 Å². The third-order valence-corrected chi connectivity index (χ3v) is 7.05. The Morgan fingerprint density at radius 3 is 2.67 bits per heavy atom. The number of halogens is 1. The molecule has 1 atom stereocenters. The fraction of sp³-hybridized carbons (Fsp3) is 0.536. The van der Waals surface area contributed by atoms with Gasteiger partial charge in [0.15, 0.2) is 6.61 Å². The standard InChI is InChI=1S/C28H38ClN3O4/c1-20-17-21(2)27(29)24-18-22(31-35-19-25(33)32-15-9-6-10-16-32)11-7-4-3-5-8-12-23(13-14-30)36-28(34)26(20)24/h5,7-8,11,17,23H,3-4,6,9-10,12-16,18-19,30H2,1-2H3/b8-5+,11-7+,31-22+. The second-order valence-corrected chi connectivity index (χ2v) is 9.82. The molecule has 0 aromatic heterocycles. The molecule has 7 nitrogen and oxygen atoms in total. The number of benzene rings is 1. The number of likely N-dealkylation sites (tertiary alicyclic amines) is 1. The number of nitrogens with zero attached hydrogens (tertiary/aromatic N) is 2. The predicted octanol–water partition coefficient (Wildman–Crippen LogP) is 5.05. The van der Waals surface area contributed by atoms with E-state index < -0.39 is 5.97 Å². The van der Waals surface area contributed by atoms with E-state index in [0.29, 0.717) is 41.2 Å². The molecule has 1 aromatic carbocycles. The molecular weight excluding hydrogens is 478 g/mol. The van der Waals surface area contributed by atoms with Gasteiger partial charge in [0.05, 0.1) is 11.3 Å². The minimum absolute atomic E-state index is 0.0614. The first kappa shape index (κ1) is 27.9. The average molecular weight is 516 g/mol. The van der Waals surface area contributed by atoms with E-state index in [1.54, 1.807) is 0 Å². The van der Waals surface area contributed by atoms with Gasteiger partial charge in [0.25, 0.3) is 5.91 Å². The molecule has 1 fully saturated rings. The summed E-state index contributed by atoms with van der Waals surface area (Å²) < 4.78 is 5.88. The van der Waals surface area contributed by atoms with Gasteiger partial charge in [-0.15, -0.1) is 0 Å². The average Bonchev–Trinajstić information content (AvgIpc) is 2.86. The number of nitrogens with two attached hydrogens (primary N) is 1. The van der Waals surface area contributed by atoms with Crippen LogP contribution < -0.4 is 5.73 Å². The Labute approximate surface area is 219 Å². The van der Waals surface area contributed by atoms with Gasteiger partial charge < -0.3 is 20.2 Å². The largest absolute Gasteiger partial charge is 0.458 e. The Morgan fingerprint density at radius 1 is 1.17 bits per heavy atom. The number of cyclic esters (lactones) is 1. The molecule has 0 bridgehead atoms. The van der Waals surface area contributed by atoms with E-state index in [9.17, 15) is 9.59 Å². The van der Waals surface area contributed by atoms with Crippen LogP contribution in [0.2, 0.25) is 5.02 Å². The van der Waals surface area contributed by atoms with Crippen LogP contribution in [0.3, 0.4) is 0 Å². The van der Waals surface area contributed by atoms with Crippen LogP contribution in [0, 0.1) is 13.8 Å². The summed E-state index contributed by atoms with van der Waals surface area (Å²) in [5, 5.41) is 4.79. The van der Waals surface area contributed by atoms with Crippen molar-refractivity contribution in [3.63, 3.8) is 0 Å². The zero-order valence-corrected chi connectivity index (χ0v) is 22.2. The summed E-state index contributed by atoms with van der Waals surface area (Å²) in [5.74, 6) is -0.480. The number of rotatable bonds is 5. The molecule has 2 aliphatic rings. The van der Waals surface area contributed by atoms with Gasteiger partial charge in [-0.05, 0) is 81.7 Å². The van der Waals surface area contributed by atoms with Crippen molar-refractivity contribution in [2.75, 3.05) is 26.2 Å². The van der Waals surface area contributed by atoms with E-state index in [4.69, 9.17) is 26.9 Å². The van der Waals surface area contributed by atoms with Crippen LogP contribution in [0.5, 0.6) is 0 Å². The minimum atomic E-state index is -0.419. The third kappa shape index (κ3) is 7.93. The summed E-state index contributed by atoms with van der Waals surface area (Å²) in [4.78, 5) is 33.2. The molecule has 2 aliphatic heterocycles. The van der Waals surface area contributed by atoms with Gasteiger partial charge in [-0.2, -0.15) is 0 Å². The lowest BCUT2D eigenvalue weighted by Crippen LogP contribution is -2.37. The van der Waals surface area contributed by atoms with Crippen LogP contribution in [0.25, 0.3) is 0 Å². The van der Waals surface area contributed by atoms with Gasteiger partial charge in [-0.1, -0.05) is 41.1 Å². The Bertz CT molecular complexity index is 1010. The number of carbonyl (C=O) groups is 2. The third-order valence-electron chi connectivity index (χ3n) is 6.52. The Kier molecular flexibility index (Phi) is 11.0. The highest BCUT2D eigenvalue weighted by atomic mass is 35.5. The van der Waals surface area contributed by atoms with E-state index in [-0.39, 0.29) is 25.0 Å². The van der Waals surface area contributed by atoms with E-state index in [1.807, 2.05) is 43.0 Å². The zero-order valence-electron chi connectivity index (χ0n) is 21.4. The Hall–Kier alpha value is -2.64. The molecule has 0 saturated carbocycles. The maximum absolute atomic E-state index is 13.3. The molecule has 2 heterocycles. The lowest BCUT2D eigenvalue weighted by atomic mass is 9.94. The van der Waals surface area contributed by atoms with Crippen molar-refractivity contribution in [1.29, 1.82) is 0 Å². The summed E-state index contributed by atoms with van der Waals surface area (Å²) in [6.07, 6.45) is 14.0. The maximum Gasteiger partial charge on any atom is 0.339 e. The first-order valence-corrected chi connectivity index (χ1v) is 13.3. The molecule has 36 heavy (non-hydrogen) atoms. The molecule has 8 heteroatoms. The summed E-state index contributed by atoms with van der Waals surface area (Å²) in [6, 6.07) is 1.89. The van der Waals surface area contributed by atoms with Crippen molar-refractivity contribution in [2.45, 2.75) is 71.3 Å². The summed E-state index contributed by atoms with van der Waals surface area (Å²) in [5.41, 5.74) is 9.10. The van der Waals surface area contributed by atoms with Crippen LogP contribution in [-0.4, -0.2) is 54.8 Å². The number of hydrogen-bond donors (Lipinski definition) is 1. The van der Waals surface area contributed by atoms with Crippen LogP contribution in [-0.2, 0) is 20.8 Å². The fourth-order valence-corrected chi connectivity index (χ4v) is 4.82. The fourth-order valence-electron chi connectivity index (χ4n) is 4.60. The number of ether oxygens (including phenoxy) is 1. The molecule has 0 aliphatic carbocycles. The zero-order chi connectivity index (χ0) is 25.9. The van der Waals surface area contributed by atoms with E-state index in [1.165, 1.54) is 0 Å². The van der Waals surface area contributed by atoms with Crippen molar-refractivity contribution in [3.8, 4) is 0 Å². The topological polar surface area (TPSA) is 94.2 Å². The van der Waals surface area contributed by atoms with Crippen molar-refractivity contribution < 1.29 is 19.2 Å². The van der Waals surface area contributed by atoms with E-state index in [0.717, 1.165) is 56.3 Å². The smallest absolute Gasteiger partial charge is 0.339 e. The Morgan fingerprint density at radius 2 is 1.92 bits per heavy atom. The molecule has 0 radical (unpaired) electrons. The number of hydrogen-bond acceptors (Lipinski definition) is 6. The minimum Gasteiger partial charge on any atom is -0.458 e. The quantitative estimate of drug-likeness (QED) is 0.336. The molecule has 1 aromatic rings. The van der Waals surface area contributed by atoms with Crippen LogP contribution >= 0.6 is 11.6 Å². The molecule has 2 N–H and O–H groups in total. The SMILES string of the molecule is Cc1cc(C)c2c(c1Cl)CC(=N/OCC(=O)N1CCCCC1)/C=C/CC/C=C/CC(CCN)OC2=O. The van der Waals surface area contributed by atoms with Crippen LogP contribution in [0.4, 0.5) is 0 Å². The number of aryl methyl sites for hydroxylation is 2. The van der Waals surface area contributed by atoms with E-state index >= 15 is 0 Å². The van der Waals surface area contributed by atoms with Crippen molar-refractivity contribution >= 4 is 29.2 Å². The molecule has 196 valence electrons. The van der Waals surface area contributed by atoms with Gasteiger partial charge in [-0.25, -0.2) is 4.79 Å². The molecule has 0 spiro atoms.